The molecule has 2 amide bonds. The third-order valence-corrected chi connectivity index (χ3v) is 5.05. The largest absolute Gasteiger partial charge is 0.396 e. The summed E-state index contributed by atoms with van der Waals surface area (Å²) in [4.78, 5) is 12.2. The molecule has 0 aromatic heterocycles. The van der Waals surface area contributed by atoms with Crippen LogP contribution in [0.1, 0.15) is 43.7 Å². The monoisotopic (exact) mass is 306 g/mol. The molecule has 1 aromatic carbocycles. The Bertz CT molecular complexity index is 524. The van der Waals surface area contributed by atoms with E-state index in [9.17, 15) is 14.3 Å². The number of aliphatic hydroxyl groups is 1. The summed E-state index contributed by atoms with van der Waals surface area (Å²) in [5, 5.41) is 15.2. The van der Waals surface area contributed by atoms with Crippen LogP contribution in [0.15, 0.2) is 24.3 Å². The van der Waals surface area contributed by atoms with Crippen LogP contribution in [0.3, 0.4) is 0 Å². The highest BCUT2D eigenvalue weighted by Gasteiger charge is 2.42. The predicted molar refractivity (Wildman–Crippen MR) is 81.8 cm³/mol. The van der Waals surface area contributed by atoms with Crippen LogP contribution in [0.4, 0.5) is 9.18 Å². The first kappa shape index (κ1) is 15.3. The van der Waals surface area contributed by atoms with Crippen molar-refractivity contribution >= 4 is 6.03 Å². The van der Waals surface area contributed by atoms with Gasteiger partial charge in [0.1, 0.15) is 5.82 Å². The minimum Gasteiger partial charge on any atom is -0.396 e. The Kier molecular flexibility index (Phi) is 4.34. The average molecular weight is 306 g/mol. The molecule has 2 aliphatic carbocycles. The van der Waals surface area contributed by atoms with Crippen LogP contribution in [-0.2, 0) is 0 Å². The third-order valence-electron chi connectivity index (χ3n) is 5.05. The normalized spacial score (nSPS) is 20.8. The van der Waals surface area contributed by atoms with Gasteiger partial charge in [0.05, 0.1) is 12.6 Å². The summed E-state index contributed by atoms with van der Waals surface area (Å²) < 4.78 is 13.1. The van der Waals surface area contributed by atoms with Crippen LogP contribution in [0.2, 0.25) is 0 Å². The summed E-state index contributed by atoms with van der Waals surface area (Å²) in [6.45, 7) is 0.632. The SMILES string of the molecule is O=C(NCC1(CO)CC1)N[C@H](c1ccc(F)cc1)C1CCC1. The maximum absolute atomic E-state index is 13.1. The van der Waals surface area contributed by atoms with E-state index in [0.717, 1.165) is 31.2 Å². The number of carbonyl (C=O) groups excluding carboxylic acids is 1. The lowest BCUT2D eigenvalue weighted by atomic mass is 9.77. The van der Waals surface area contributed by atoms with E-state index in [0.29, 0.717) is 12.5 Å². The minimum absolute atomic E-state index is 0.0707. The van der Waals surface area contributed by atoms with E-state index < -0.39 is 0 Å². The Labute approximate surface area is 130 Å². The zero-order valence-electron chi connectivity index (χ0n) is 12.6. The molecule has 0 unspecified atom stereocenters. The summed E-state index contributed by atoms with van der Waals surface area (Å²) in [5.41, 5.74) is 0.851. The van der Waals surface area contributed by atoms with Crippen molar-refractivity contribution in [2.24, 2.45) is 11.3 Å². The maximum Gasteiger partial charge on any atom is 0.315 e. The molecule has 0 saturated heterocycles. The molecule has 5 heteroatoms. The van der Waals surface area contributed by atoms with Gasteiger partial charge >= 0.3 is 6.03 Å². The molecular weight excluding hydrogens is 283 g/mol. The molecule has 22 heavy (non-hydrogen) atoms. The summed E-state index contributed by atoms with van der Waals surface area (Å²) in [5.74, 6) is 0.156. The van der Waals surface area contributed by atoms with Gasteiger partial charge in [0.15, 0.2) is 0 Å². The number of halogens is 1. The van der Waals surface area contributed by atoms with E-state index in [1.165, 1.54) is 18.6 Å². The predicted octanol–water partition coefficient (Wildman–Crippen LogP) is 2.74. The van der Waals surface area contributed by atoms with Crippen LogP contribution in [-0.4, -0.2) is 24.3 Å². The van der Waals surface area contributed by atoms with Crippen molar-refractivity contribution in [3.63, 3.8) is 0 Å². The quantitative estimate of drug-likeness (QED) is 0.757. The number of carbonyl (C=O) groups is 1. The fourth-order valence-electron chi connectivity index (χ4n) is 2.94. The second kappa shape index (κ2) is 6.24. The van der Waals surface area contributed by atoms with Gasteiger partial charge in [-0.3, -0.25) is 0 Å². The van der Waals surface area contributed by atoms with E-state index in [1.54, 1.807) is 12.1 Å². The first-order valence-electron chi connectivity index (χ1n) is 8.03. The van der Waals surface area contributed by atoms with Crippen molar-refractivity contribution in [3.8, 4) is 0 Å². The van der Waals surface area contributed by atoms with Gasteiger partial charge in [0, 0.05) is 12.0 Å². The van der Waals surface area contributed by atoms with Crippen molar-refractivity contribution in [1.82, 2.24) is 10.6 Å². The molecule has 2 fully saturated rings. The highest BCUT2D eigenvalue weighted by molar-refractivity contribution is 5.74. The summed E-state index contributed by atoms with van der Waals surface area (Å²) in [7, 11) is 0. The average Bonchev–Trinajstić information content (AvgIpc) is 3.24. The second-order valence-electron chi connectivity index (χ2n) is 6.71. The van der Waals surface area contributed by atoms with E-state index in [-0.39, 0.29) is 29.9 Å². The smallest absolute Gasteiger partial charge is 0.315 e. The van der Waals surface area contributed by atoms with Gasteiger partial charge in [0.25, 0.3) is 0 Å². The standard InChI is InChI=1S/C17H23FN2O2/c18-14-6-4-13(5-7-14)15(12-2-1-3-12)20-16(22)19-10-17(11-21)8-9-17/h4-7,12,15,21H,1-3,8-11H2,(H2,19,20,22)/t15-/m0/s1. The Morgan fingerprint density at radius 1 is 1.32 bits per heavy atom. The number of nitrogens with one attached hydrogen (secondary N) is 2. The van der Waals surface area contributed by atoms with E-state index in [1.807, 2.05) is 0 Å². The molecule has 0 aliphatic heterocycles. The molecule has 1 atom stereocenters. The van der Waals surface area contributed by atoms with E-state index in [2.05, 4.69) is 10.6 Å². The highest BCUT2D eigenvalue weighted by atomic mass is 19.1. The van der Waals surface area contributed by atoms with Crippen molar-refractivity contribution < 1.29 is 14.3 Å². The minimum atomic E-state index is -0.265. The first-order valence-corrected chi connectivity index (χ1v) is 8.03. The highest BCUT2D eigenvalue weighted by Crippen LogP contribution is 2.44. The number of amides is 2. The van der Waals surface area contributed by atoms with E-state index in [4.69, 9.17) is 0 Å². The fraction of sp³-hybridized carbons (Fsp3) is 0.588. The van der Waals surface area contributed by atoms with Gasteiger partial charge in [-0.1, -0.05) is 18.6 Å². The summed E-state index contributed by atoms with van der Waals surface area (Å²) >= 11 is 0. The van der Waals surface area contributed by atoms with Crippen LogP contribution in [0.5, 0.6) is 0 Å². The van der Waals surface area contributed by atoms with Crippen molar-refractivity contribution in [1.29, 1.82) is 0 Å². The third kappa shape index (κ3) is 3.40. The zero-order chi connectivity index (χ0) is 15.6. The van der Waals surface area contributed by atoms with Crippen LogP contribution in [0, 0.1) is 17.2 Å². The number of urea groups is 1. The fourth-order valence-corrected chi connectivity index (χ4v) is 2.94. The van der Waals surface area contributed by atoms with Gasteiger partial charge < -0.3 is 15.7 Å². The lowest BCUT2D eigenvalue weighted by molar-refractivity contribution is 0.193. The number of rotatable bonds is 6. The topological polar surface area (TPSA) is 61.4 Å². The van der Waals surface area contributed by atoms with Crippen LogP contribution >= 0.6 is 0 Å². The van der Waals surface area contributed by atoms with Gasteiger partial charge in [-0.15, -0.1) is 0 Å². The number of hydrogen-bond acceptors (Lipinski definition) is 2. The second-order valence-corrected chi connectivity index (χ2v) is 6.71. The molecule has 0 spiro atoms. The Morgan fingerprint density at radius 2 is 2.00 bits per heavy atom. The first-order chi connectivity index (χ1) is 10.6. The molecule has 1 aromatic rings. The van der Waals surface area contributed by atoms with Crippen LogP contribution in [0.25, 0.3) is 0 Å². The molecule has 3 rings (SSSR count). The molecule has 4 nitrogen and oxygen atoms in total. The number of aliphatic hydroxyl groups excluding tert-OH is 1. The molecule has 0 bridgehead atoms. The van der Waals surface area contributed by atoms with Gasteiger partial charge in [-0.25, -0.2) is 9.18 Å². The molecule has 120 valence electrons. The summed E-state index contributed by atoms with van der Waals surface area (Å²) in [6, 6.07) is 6.08. The number of hydrogen-bond donors (Lipinski definition) is 3. The Morgan fingerprint density at radius 3 is 2.50 bits per heavy atom. The Balaban J connectivity index is 1.60. The molecule has 3 N–H and O–H groups in total. The molecule has 0 heterocycles. The van der Waals surface area contributed by atoms with Gasteiger partial charge in [0.2, 0.25) is 0 Å². The van der Waals surface area contributed by atoms with Crippen molar-refractivity contribution in [3.05, 3.63) is 35.6 Å². The molecule has 0 radical (unpaired) electrons. The van der Waals surface area contributed by atoms with Gasteiger partial charge in [-0.2, -0.15) is 0 Å². The van der Waals surface area contributed by atoms with Gasteiger partial charge in [-0.05, 0) is 49.3 Å². The van der Waals surface area contributed by atoms with Crippen molar-refractivity contribution in [2.45, 2.75) is 38.1 Å². The van der Waals surface area contributed by atoms with Crippen LogP contribution < -0.4 is 10.6 Å². The number of benzene rings is 1. The van der Waals surface area contributed by atoms with Crippen molar-refractivity contribution in [2.75, 3.05) is 13.2 Å². The lowest BCUT2D eigenvalue weighted by Gasteiger charge is -2.34. The Hall–Kier alpha value is -1.62. The lowest BCUT2D eigenvalue weighted by Crippen LogP contribution is -2.44. The summed E-state index contributed by atoms with van der Waals surface area (Å²) in [6.07, 6.45) is 5.28. The maximum atomic E-state index is 13.1. The molecule has 2 saturated carbocycles. The van der Waals surface area contributed by atoms with E-state index >= 15 is 0 Å². The zero-order valence-corrected chi connectivity index (χ0v) is 12.6. The molecule has 2 aliphatic rings. The molecular formula is C17H23FN2O2.